The molecular weight excluding hydrogens is 244 g/mol. The van der Waals surface area contributed by atoms with Gasteiger partial charge < -0.3 is 4.90 Å². The fraction of sp³-hybridized carbons (Fsp3) is 0.133. The third kappa shape index (κ3) is 1.73. The van der Waals surface area contributed by atoms with Gasteiger partial charge in [0.2, 0.25) is 0 Å². The van der Waals surface area contributed by atoms with Crippen LogP contribution in [0.4, 0.5) is 11.4 Å². The number of para-hydroxylation sites is 1. The number of fused-ring (bicyclic) bond motifs is 1. The molecule has 88 valence electrons. The fourth-order valence-corrected chi connectivity index (χ4v) is 2.59. The molecule has 3 heteroatoms. The van der Waals surface area contributed by atoms with Crippen molar-refractivity contribution in [3.8, 4) is 6.07 Å². The molecule has 1 heterocycles. The van der Waals surface area contributed by atoms with Gasteiger partial charge in [-0.05, 0) is 36.2 Å². The third-order valence-electron chi connectivity index (χ3n) is 3.26. The standard InChI is InChI=1S/C15H11ClN2/c16-13-5-6-15(12(9-13)10-17)18-8-7-11-3-1-2-4-14(11)18/h1-6,9H,7-8H2. The lowest BCUT2D eigenvalue weighted by atomic mass is 10.1. The van der Waals surface area contributed by atoms with Crippen molar-refractivity contribution < 1.29 is 0 Å². The van der Waals surface area contributed by atoms with Gasteiger partial charge in [-0.3, -0.25) is 0 Å². The van der Waals surface area contributed by atoms with E-state index in [2.05, 4.69) is 29.2 Å². The lowest BCUT2D eigenvalue weighted by Crippen LogP contribution is -2.14. The molecule has 0 aliphatic carbocycles. The van der Waals surface area contributed by atoms with E-state index in [0.717, 1.165) is 18.7 Å². The van der Waals surface area contributed by atoms with E-state index in [0.29, 0.717) is 10.6 Å². The van der Waals surface area contributed by atoms with Gasteiger partial charge in [0.15, 0.2) is 0 Å². The molecule has 0 aromatic heterocycles. The van der Waals surface area contributed by atoms with E-state index < -0.39 is 0 Å². The van der Waals surface area contributed by atoms with Crippen LogP contribution in [0.1, 0.15) is 11.1 Å². The van der Waals surface area contributed by atoms with Gasteiger partial charge in [0.05, 0.1) is 11.3 Å². The van der Waals surface area contributed by atoms with Gasteiger partial charge in [0.1, 0.15) is 6.07 Å². The summed E-state index contributed by atoms with van der Waals surface area (Å²) in [6, 6.07) is 16.0. The van der Waals surface area contributed by atoms with Crippen LogP contribution in [0.15, 0.2) is 42.5 Å². The number of halogens is 1. The first-order valence-corrected chi connectivity index (χ1v) is 6.22. The van der Waals surface area contributed by atoms with Crippen molar-refractivity contribution in [1.29, 1.82) is 5.26 Å². The second-order valence-electron chi connectivity index (χ2n) is 4.30. The zero-order valence-corrected chi connectivity index (χ0v) is 10.5. The van der Waals surface area contributed by atoms with E-state index in [1.165, 1.54) is 11.3 Å². The summed E-state index contributed by atoms with van der Waals surface area (Å²) < 4.78 is 0. The van der Waals surface area contributed by atoms with Gasteiger partial charge in [0, 0.05) is 17.3 Å². The predicted octanol–water partition coefficient (Wildman–Crippen LogP) is 3.91. The first-order valence-electron chi connectivity index (χ1n) is 5.84. The quantitative estimate of drug-likeness (QED) is 0.772. The number of hydrogen-bond acceptors (Lipinski definition) is 2. The monoisotopic (exact) mass is 254 g/mol. The van der Waals surface area contributed by atoms with E-state index in [1.54, 1.807) is 6.07 Å². The normalized spacial score (nSPS) is 13.2. The zero-order chi connectivity index (χ0) is 12.5. The molecule has 2 aromatic carbocycles. The fourth-order valence-electron chi connectivity index (χ4n) is 2.42. The molecule has 0 N–H and O–H groups in total. The van der Waals surface area contributed by atoms with Crippen molar-refractivity contribution in [2.24, 2.45) is 0 Å². The molecule has 18 heavy (non-hydrogen) atoms. The molecule has 0 spiro atoms. The predicted molar refractivity (Wildman–Crippen MR) is 73.3 cm³/mol. The Morgan fingerprint density at radius 1 is 1.11 bits per heavy atom. The molecule has 0 fully saturated rings. The molecule has 0 saturated heterocycles. The van der Waals surface area contributed by atoms with Crippen molar-refractivity contribution in [1.82, 2.24) is 0 Å². The van der Waals surface area contributed by atoms with E-state index in [1.807, 2.05) is 18.2 Å². The maximum Gasteiger partial charge on any atom is 0.101 e. The van der Waals surface area contributed by atoms with Crippen LogP contribution in [0.2, 0.25) is 5.02 Å². The molecule has 0 unspecified atom stereocenters. The molecule has 0 bridgehead atoms. The van der Waals surface area contributed by atoms with Crippen molar-refractivity contribution in [2.45, 2.75) is 6.42 Å². The van der Waals surface area contributed by atoms with Crippen LogP contribution in [0, 0.1) is 11.3 Å². The summed E-state index contributed by atoms with van der Waals surface area (Å²) in [6.07, 6.45) is 1.02. The van der Waals surface area contributed by atoms with Gasteiger partial charge in [-0.1, -0.05) is 29.8 Å². The smallest absolute Gasteiger partial charge is 0.101 e. The Morgan fingerprint density at radius 2 is 1.94 bits per heavy atom. The van der Waals surface area contributed by atoms with Crippen LogP contribution in [0.5, 0.6) is 0 Å². The lowest BCUT2D eigenvalue weighted by Gasteiger charge is -2.20. The Labute approximate surface area is 111 Å². The summed E-state index contributed by atoms with van der Waals surface area (Å²) >= 11 is 5.93. The van der Waals surface area contributed by atoms with E-state index in [4.69, 9.17) is 11.6 Å². The largest absolute Gasteiger partial charge is 0.340 e. The summed E-state index contributed by atoms with van der Waals surface area (Å²) in [5.74, 6) is 0. The van der Waals surface area contributed by atoms with Crippen LogP contribution < -0.4 is 4.90 Å². The highest BCUT2D eigenvalue weighted by atomic mass is 35.5. The molecule has 1 aliphatic heterocycles. The Morgan fingerprint density at radius 3 is 2.78 bits per heavy atom. The highest BCUT2D eigenvalue weighted by Gasteiger charge is 2.21. The number of rotatable bonds is 1. The van der Waals surface area contributed by atoms with Crippen LogP contribution >= 0.6 is 11.6 Å². The SMILES string of the molecule is N#Cc1cc(Cl)ccc1N1CCc2ccccc21. The zero-order valence-electron chi connectivity index (χ0n) is 9.73. The number of benzene rings is 2. The maximum atomic E-state index is 9.22. The Kier molecular flexibility index (Phi) is 2.70. The van der Waals surface area contributed by atoms with Gasteiger partial charge in [0.25, 0.3) is 0 Å². The molecule has 0 saturated carbocycles. The first kappa shape index (κ1) is 11.1. The number of nitrogens with zero attached hydrogens (tertiary/aromatic N) is 2. The molecule has 2 nitrogen and oxygen atoms in total. The molecule has 2 aromatic rings. The number of hydrogen-bond donors (Lipinski definition) is 0. The summed E-state index contributed by atoms with van der Waals surface area (Å²) in [5.41, 5.74) is 4.08. The molecule has 3 rings (SSSR count). The highest BCUT2D eigenvalue weighted by Crippen LogP contribution is 2.36. The van der Waals surface area contributed by atoms with Gasteiger partial charge in [-0.15, -0.1) is 0 Å². The van der Waals surface area contributed by atoms with Crippen molar-refractivity contribution in [3.05, 3.63) is 58.6 Å². The summed E-state index contributed by atoms with van der Waals surface area (Å²) in [5, 5.41) is 9.82. The van der Waals surface area contributed by atoms with Gasteiger partial charge in [-0.25, -0.2) is 0 Å². The molecule has 0 atom stereocenters. The Balaban J connectivity index is 2.11. The molecular formula is C15H11ClN2. The van der Waals surface area contributed by atoms with E-state index in [-0.39, 0.29) is 0 Å². The van der Waals surface area contributed by atoms with E-state index in [9.17, 15) is 5.26 Å². The average molecular weight is 255 g/mol. The molecule has 1 aliphatic rings. The van der Waals surface area contributed by atoms with Gasteiger partial charge in [-0.2, -0.15) is 5.26 Å². The molecule has 0 radical (unpaired) electrons. The average Bonchev–Trinajstić information content (AvgIpc) is 2.82. The van der Waals surface area contributed by atoms with Crippen molar-refractivity contribution >= 4 is 23.0 Å². The minimum atomic E-state index is 0.600. The Hall–Kier alpha value is -1.98. The second kappa shape index (κ2) is 4.36. The number of anilines is 2. The first-order chi connectivity index (χ1) is 8.79. The summed E-state index contributed by atoms with van der Waals surface area (Å²) in [6.45, 7) is 0.912. The minimum absolute atomic E-state index is 0.600. The van der Waals surface area contributed by atoms with Crippen LogP contribution in [-0.4, -0.2) is 6.54 Å². The second-order valence-corrected chi connectivity index (χ2v) is 4.74. The topological polar surface area (TPSA) is 27.0 Å². The highest BCUT2D eigenvalue weighted by molar-refractivity contribution is 6.30. The van der Waals surface area contributed by atoms with Crippen LogP contribution in [0.3, 0.4) is 0 Å². The summed E-state index contributed by atoms with van der Waals surface area (Å²) in [4.78, 5) is 2.18. The maximum absolute atomic E-state index is 9.22. The van der Waals surface area contributed by atoms with Crippen molar-refractivity contribution in [3.63, 3.8) is 0 Å². The van der Waals surface area contributed by atoms with E-state index >= 15 is 0 Å². The van der Waals surface area contributed by atoms with Crippen LogP contribution in [-0.2, 0) is 6.42 Å². The Bertz CT molecular complexity index is 643. The van der Waals surface area contributed by atoms with Gasteiger partial charge >= 0.3 is 0 Å². The summed E-state index contributed by atoms with van der Waals surface area (Å²) in [7, 11) is 0. The molecule has 0 amide bonds. The van der Waals surface area contributed by atoms with Crippen molar-refractivity contribution in [2.75, 3.05) is 11.4 Å². The van der Waals surface area contributed by atoms with Crippen LogP contribution in [0.25, 0.3) is 0 Å². The third-order valence-corrected chi connectivity index (χ3v) is 3.49. The minimum Gasteiger partial charge on any atom is -0.340 e. The number of nitriles is 1. The lowest BCUT2D eigenvalue weighted by molar-refractivity contribution is 0.996.